The van der Waals surface area contributed by atoms with Crippen LogP contribution in [0.15, 0.2) is 0 Å². The molecule has 0 saturated heterocycles. The molecular weight excluding hydrogens is 114 g/mol. The van der Waals surface area contributed by atoms with Gasteiger partial charge in [-0.15, -0.1) is 0 Å². The minimum atomic E-state index is 0.434. The number of nitrogens with one attached hydrogen (secondary N) is 1. The molecule has 0 aromatic rings. The number of hydrogen-bond donors (Lipinski definition) is 1. The predicted molar refractivity (Wildman–Crippen MR) is 37.4 cm³/mol. The molecule has 0 spiro atoms. The van der Waals surface area contributed by atoms with Gasteiger partial charge in [-0.05, 0) is 13.5 Å². The van der Waals surface area contributed by atoms with Crippen molar-refractivity contribution in [3.63, 3.8) is 0 Å². The van der Waals surface area contributed by atoms with Gasteiger partial charge in [0.25, 0.3) is 0 Å². The normalized spacial score (nSPS) is 41.0. The van der Waals surface area contributed by atoms with E-state index in [4.69, 9.17) is 4.74 Å². The molecule has 2 heteroatoms. The summed E-state index contributed by atoms with van der Waals surface area (Å²) < 4.78 is 5.06. The van der Waals surface area contributed by atoms with Gasteiger partial charge in [0.2, 0.25) is 0 Å². The smallest absolute Gasteiger partial charge is 0.0531 e. The molecular formula is C7H15NO. The molecule has 0 bridgehead atoms. The molecule has 0 radical (unpaired) electrons. The summed E-state index contributed by atoms with van der Waals surface area (Å²) in [4.78, 5) is 0. The number of hydrogen-bond acceptors (Lipinski definition) is 2. The first-order chi connectivity index (χ1) is 4.23. The summed E-state index contributed by atoms with van der Waals surface area (Å²) in [6, 6.07) is 0.692. The first kappa shape index (κ1) is 7.03. The van der Waals surface area contributed by atoms with Gasteiger partial charge in [-0.2, -0.15) is 0 Å². The van der Waals surface area contributed by atoms with Gasteiger partial charge in [-0.25, -0.2) is 0 Å². The molecule has 1 N–H and O–H groups in total. The quantitative estimate of drug-likeness (QED) is 0.603. The van der Waals surface area contributed by atoms with Gasteiger partial charge >= 0.3 is 0 Å². The van der Waals surface area contributed by atoms with Crippen molar-refractivity contribution in [3.05, 3.63) is 0 Å². The Kier molecular flexibility index (Phi) is 1.78. The first-order valence-corrected chi connectivity index (χ1v) is 3.39. The Morgan fingerprint density at radius 2 is 2.44 bits per heavy atom. The van der Waals surface area contributed by atoms with Crippen molar-refractivity contribution >= 4 is 0 Å². The Balaban J connectivity index is 2.25. The van der Waals surface area contributed by atoms with Crippen molar-refractivity contribution < 1.29 is 4.74 Å². The van der Waals surface area contributed by atoms with Gasteiger partial charge in [0.05, 0.1) is 6.61 Å². The fourth-order valence-electron chi connectivity index (χ4n) is 1.35. The van der Waals surface area contributed by atoms with E-state index in [1.807, 2.05) is 7.05 Å². The van der Waals surface area contributed by atoms with Crippen molar-refractivity contribution in [2.45, 2.75) is 19.4 Å². The third kappa shape index (κ3) is 1.25. The van der Waals surface area contributed by atoms with Gasteiger partial charge in [-0.3, -0.25) is 0 Å². The monoisotopic (exact) mass is 129 g/mol. The van der Waals surface area contributed by atoms with Crippen molar-refractivity contribution in [3.8, 4) is 0 Å². The molecule has 1 aliphatic carbocycles. The average Bonchev–Trinajstić information content (AvgIpc) is 2.43. The topological polar surface area (TPSA) is 21.3 Å². The Morgan fingerprint density at radius 3 is 2.78 bits per heavy atom. The van der Waals surface area contributed by atoms with Crippen molar-refractivity contribution in [1.82, 2.24) is 5.32 Å². The van der Waals surface area contributed by atoms with Crippen LogP contribution in [-0.2, 0) is 4.74 Å². The molecule has 0 unspecified atom stereocenters. The minimum Gasteiger partial charge on any atom is -0.384 e. The highest BCUT2D eigenvalue weighted by atomic mass is 16.5. The lowest BCUT2D eigenvalue weighted by molar-refractivity contribution is 0.145. The summed E-state index contributed by atoms with van der Waals surface area (Å²) in [6.45, 7) is 3.14. The summed E-state index contributed by atoms with van der Waals surface area (Å²) in [5.41, 5.74) is 0.434. The lowest BCUT2D eigenvalue weighted by atomic mass is 10.1. The summed E-state index contributed by atoms with van der Waals surface area (Å²) >= 11 is 0. The van der Waals surface area contributed by atoms with Crippen LogP contribution in [0.4, 0.5) is 0 Å². The Bertz CT molecular complexity index is 105. The first-order valence-electron chi connectivity index (χ1n) is 3.39. The number of ether oxygens (including phenoxy) is 1. The summed E-state index contributed by atoms with van der Waals surface area (Å²) in [6.07, 6.45) is 1.26. The molecule has 0 aromatic carbocycles. The van der Waals surface area contributed by atoms with E-state index in [0.717, 1.165) is 6.61 Å². The van der Waals surface area contributed by atoms with E-state index >= 15 is 0 Å². The van der Waals surface area contributed by atoms with Crippen LogP contribution in [-0.4, -0.2) is 26.8 Å². The second kappa shape index (κ2) is 2.27. The van der Waals surface area contributed by atoms with E-state index in [1.54, 1.807) is 7.11 Å². The summed E-state index contributed by atoms with van der Waals surface area (Å²) in [7, 11) is 3.77. The maximum absolute atomic E-state index is 5.06. The van der Waals surface area contributed by atoms with Crippen LogP contribution in [0.1, 0.15) is 13.3 Å². The maximum atomic E-state index is 5.06. The van der Waals surface area contributed by atoms with Gasteiger partial charge < -0.3 is 10.1 Å². The highest BCUT2D eigenvalue weighted by Crippen LogP contribution is 2.44. The minimum absolute atomic E-state index is 0.434. The van der Waals surface area contributed by atoms with E-state index in [0.29, 0.717) is 11.5 Å². The third-order valence-corrected chi connectivity index (χ3v) is 2.17. The maximum Gasteiger partial charge on any atom is 0.0531 e. The van der Waals surface area contributed by atoms with Crippen LogP contribution < -0.4 is 5.32 Å². The molecule has 1 fully saturated rings. The van der Waals surface area contributed by atoms with Gasteiger partial charge in [0.15, 0.2) is 0 Å². The van der Waals surface area contributed by atoms with Crippen LogP contribution in [0.2, 0.25) is 0 Å². The number of rotatable bonds is 3. The molecule has 0 aromatic heterocycles. The van der Waals surface area contributed by atoms with Crippen LogP contribution in [0.25, 0.3) is 0 Å². The molecule has 2 atom stereocenters. The molecule has 0 amide bonds. The number of methoxy groups -OCH3 is 1. The van der Waals surface area contributed by atoms with Crippen LogP contribution in [0, 0.1) is 5.41 Å². The molecule has 9 heavy (non-hydrogen) atoms. The Morgan fingerprint density at radius 1 is 1.78 bits per heavy atom. The standard InChI is InChI=1S/C7H15NO/c1-7(5-9-3)4-6(7)8-2/h6,8H,4-5H2,1-3H3/t6-,7-/m0/s1. The predicted octanol–water partition coefficient (Wildman–Crippen LogP) is 0.631. The van der Waals surface area contributed by atoms with E-state index in [9.17, 15) is 0 Å². The van der Waals surface area contributed by atoms with Crippen molar-refractivity contribution in [1.29, 1.82) is 0 Å². The molecule has 1 rings (SSSR count). The highest BCUT2D eigenvalue weighted by Gasteiger charge is 2.48. The third-order valence-electron chi connectivity index (χ3n) is 2.17. The fraction of sp³-hybridized carbons (Fsp3) is 1.00. The SMILES string of the molecule is CN[C@H]1C[C@@]1(C)COC. The molecule has 0 aliphatic heterocycles. The Labute approximate surface area is 56.6 Å². The second-order valence-corrected chi connectivity index (χ2v) is 3.13. The van der Waals surface area contributed by atoms with E-state index in [-0.39, 0.29) is 0 Å². The van der Waals surface area contributed by atoms with E-state index < -0.39 is 0 Å². The largest absolute Gasteiger partial charge is 0.384 e. The van der Waals surface area contributed by atoms with E-state index in [2.05, 4.69) is 12.2 Å². The molecule has 2 nitrogen and oxygen atoms in total. The Hall–Kier alpha value is -0.0800. The molecule has 54 valence electrons. The van der Waals surface area contributed by atoms with Crippen LogP contribution in [0.5, 0.6) is 0 Å². The van der Waals surface area contributed by atoms with Crippen molar-refractivity contribution in [2.75, 3.05) is 20.8 Å². The zero-order valence-corrected chi connectivity index (χ0v) is 6.40. The summed E-state index contributed by atoms with van der Waals surface area (Å²) in [5.74, 6) is 0. The molecule has 1 aliphatic rings. The second-order valence-electron chi connectivity index (χ2n) is 3.13. The summed E-state index contributed by atoms with van der Waals surface area (Å²) in [5, 5.41) is 3.23. The zero-order chi connectivity index (χ0) is 6.91. The van der Waals surface area contributed by atoms with E-state index in [1.165, 1.54) is 6.42 Å². The van der Waals surface area contributed by atoms with Gasteiger partial charge in [0.1, 0.15) is 0 Å². The van der Waals surface area contributed by atoms with Crippen molar-refractivity contribution in [2.24, 2.45) is 5.41 Å². The van der Waals surface area contributed by atoms with Crippen LogP contribution >= 0.6 is 0 Å². The highest BCUT2D eigenvalue weighted by molar-refractivity contribution is 5.03. The molecule has 0 heterocycles. The lowest BCUT2D eigenvalue weighted by Crippen LogP contribution is -2.19. The lowest BCUT2D eigenvalue weighted by Gasteiger charge is -2.07. The fourth-order valence-corrected chi connectivity index (χ4v) is 1.35. The van der Waals surface area contributed by atoms with Crippen LogP contribution in [0.3, 0.4) is 0 Å². The average molecular weight is 129 g/mol. The molecule has 1 saturated carbocycles. The van der Waals surface area contributed by atoms with Gasteiger partial charge in [-0.1, -0.05) is 6.92 Å². The zero-order valence-electron chi connectivity index (χ0n) is 6.40. The van der Waals surface area contributed by atoms with Gasteiger partial charge in [0, 0.05) is 18.6 Å².